The number of hydrogen-bond donors (Lipinski definition) is 1. The summed E-state index contributed by atoms with van der Waals surface area (Å²) < 4.78 is 31.0. The van der Waals surface area contributed by atoms with Gasteiger partial charge >= 0.3 is 0 Å². The van der Waals surface area contributed by atoms with Crippen LogP contribution in [0, 0.1) is 5.92 Å². The van der Waals surface area contributed by atoms with Gasteiger partial charge in [-0.2, -0.15) is 5.10 Å². The van der Waals surface area contributed by atoms with Crippen LogP contribution >= 0.6 is 0 Å². The minimum Gasteiger partial charge on any atom is -0.493 e. The van der Waals surface area contributed by atoms with Crippen LogP contribution in [0.5, 0.6) is 5.75 Å². The summed E-state index contributed by atoms with van der Waals surface area (Å²) >= 11 is 0. The molecule has 0 aromatic carbocycles. The first kappa shape index (κ1) is 16.3. The van der Waals surface area contributed by atoms with Gasteiger partial charge in [0.1, 0.15) is 0 Å². The summed E-state index contributed by atoms with van der Waals surface area (Å²) in [5.41, 5.74) is 0.955. The van der Waals surface area contributed by atoms with E-state index in [1.165, 1.54) is 0 Å². The maximum Gasteiger partial charge on any atom is 0.161 e. The van der Waals surface area contributed by atoms with E-state index in [-0.39, 0.29) is 29.5 Å². The van der Waals surface area contributed by atoms with Gasteiger partial charge in [0.25, 0.3) is 0 Å². The van der Waals surface area contributed by atoms with Crippen LogP contribution in [-0.4, -0.2) is 43.4 Å². The molecule has 7 heteroatoms. The Bertz CT molecular complexity index is 580. The van der Waals surface area contributed by atoms with E-state index in [9.17, 15) is 8.42 Å². The zero-order chi connectivity index (χ0) is 15.6. The van der Waals surface area contributed by atoms with E-state index in [4.69, 9.17) is 4.74 Å². The van der Waals surface area contributed by atoms with Crippen LogP contribution in [0.4, 0.5) is 0 Å². The molecule has 1 saturated heterocycles. The van der Waals surface area contributed by atoms with Crippen LogP contribution in [0.1, 0.15) is 45.0 Å². The molecule has 0 aliphatic carbocycles. The second-order valence-electron chi connectivity index (χ2n) is 5.83. The van der Waals surface area contributed by atoms with Gasteiger partial charge in [0.05, 0.1) is 36.5 Å². The molecule has 2 rings (SSSR count). The first-order chi connectivity index (χ1) is 9.89. The van der Waals surface area contributed by atoms with Gasteiger partial charge in [0.2, 0.25) is 0 Å². The van der Waals surface area contributed by atoms with Gasteiger partial charge in [-0.05, 0) is 32.7 Å². The molecule has 0 saturated carbocycles. The third-order valence-electron chi connectivity index (χ3n) is 3.97. The fourth-order valence-electron chi connectivity index (χ4n) is 3.01. The second kappa shape index (κ2) is 6.36. The van der Waals surface area contributed by atoms with E-state index in [0.717, 1.165) is 18.0 Å². The summed E-state index contributed by atoms with van der Waals surface area (Å²) in [5.74, 6) is 1.30. The SMILES string of the molecule is CCNC(c1c(OC)cnn1C(C)C)C1CCS(=O)(=O)C1. The summed E-state index contributed by atoms with van der Waals surface area (Å²) in [7, 11) is -1.29. The molecule has 1 aromatic rings. The highest BCUT2D eigenvalue weighted by Crippen LogP contribution is 2.36. The highest BCUT2D eigenvalue weighted by molar-refractivity contribution is 7.91. The first-order valence-corrected chi connectivity index (χ1v) is 9.27. The van der Waals surface area contributed by atoms with Gasteiger partial charge < -0.3 is 10.1 Å². The Hall–Kier alpha value is -1.08. The highest BCUT2D eigenvalue weighted by atomic mass is 32.2. The number of nitrogens with zero attached hydrogens (tertiary/aromatic N) is 2. The average molecular weight is 315 g/mol. The molecular formula is C14H25N3O3S. The standard InChI is InChI=1S/C14H25N3O3S/c1-5-15-13(11-6-7-21(18,19)9-11)14-12(20-4)8-16-17(14)10(2)3/h8,10-11,13,15H,5-7,9H2,1-4H3. The lowest BCUT2D eigenvalue weighted by molar-refractivity contribution is 0.338. The van der Waals surface area contributed by atoms with Gasteiger partial charge in [0, 0.05) is 6.04 Å². The van der Waals surface area contributed by atoms with E-state index < -0.39 is 9.84 Å². The van der Waals surface area contributed by atoms with E-state index in [0.29, 0.717) is 6.42 Å². The third-order valence-corrected chi connectivity index (χ3v) is 5.76. The Labute approximate surface area is 126 Å². The van der Waals surface area contributed by atoms with Gasteiger partial charge in [-0.15, -0.1) is 0 Å². The molecule has 0 spiro atoms. The Morgan fingerprint density at radius 3 is 2.71 bits per heavy atom. The number of aromatic nitrogens is 2. The van der Waals surface area contributed by atoms with Crippen molar-refractivity contribution in [2.75, 3.05) is 25.2 Å². The van der Waals surface area contributed by atoms with Crippen molar-refractivity contribution in [3.63, 3.8) is 0 Å². The molecule has 0 radical (unpaired) electrons. The molecule has 0 amide bonds. The fourth-order valence-corrected chi connectivity index (χ4v) is 4.85. The molecule has 1 aliphatic rings. The molecule has 1 aliphatic heterocycles. The molecule has 120 valence electrons. The fraction of sp³-hybridized carbons (Fsp3) is 0.786. The Morgan fingerprint density at radius 1 is 1.52 bits per heavy atom. The minimum atomic E-state index is -2.91. The lowest BCUT2D eigenvalue weighted by Crippen LogP contribution is -2.32. The molecule has 21 heavy (non-hydrogen) atoms. The third kappa shape index (κ3) is 3.40. The summed E-state index contributed by atoms with van der Waals surface area (Å²) in [6, 6.07) is 0.148. The quantitative estimate of drug-likeness (QED) is 0.862. The van der Waals surface area contributed by atoms with Crippen LogP contribution in [-0.2, 0) is 9.84 Å². The lowest BCUT2D eigenvalue weighted by atomic mass is 9.95. The number of ether oxygens (including phenoxy) is 1. The Morgan fingerprint density at radius 2 is 2.24 bits per heavy atom. The van der Waals surface area contributed by atoms with Crippen LogP contribution in [0.15, 0.2) is 6.20 Å². The monoisotopic (exact) mass is 315 g/mol. The molecular weight excluding hydrogens is 290 g/mol. The molecule has 2 heterocycles. The van der Waals surface area contributed by atoms with Gasteiger partial charge in [-0.25, -0.2) is 8.42 Å². The zero-order valence-electron chi connectivity index (χ0n) is 13.2. The Balaban J connectivity index is 2.40. The number of nitrogens with one attached hydrogen (secondary N) is 1. The Kier molecular flexibility index (Phi) is 4.93. The van der Waals surface area contributed by atoms with E-state index in [2.05, 4.69) is 24.3 Å². The van der Waals surface area contributed by atoms with E-state index >= 15 is 0 Å². The highest BCUT2D eigenvalue weighted by Gasteiger charge is 2.37. The van der Waals surface area contributed by atoms with Crippen molar-refractivity contribution >= 4 is 9.84 Å². The molecule has 2 atom stereocenters. The van der Waals surface area contributed by atoms with Crippen molar-refractivity contribution in [2.24, 2.45) is 5.92 Å². The zero-order valence-corrected chi connectivity index (χ0v) is 14.0. The van der Waals surface area contributed by atoms with E-state index in [1.807, 2.05) is 11.6 Å². The smallest absolute Gasteiger partial charge is 0.161 e. The van der Waals surface area contributed by atoms with Crippen molar-refractivity contribution in [3.05, 3.63) is 11.9 Å². The lowest BCUT2D eigenvalue weighted by Gasteiger charge is -2.26. The topological polar surface area (TPSA) is 73.2 Å². The maximum absolute atomic E-state index is 11.8. The summed E-state index contributed by atoms with van der Waals surface area (Å²) in [6.45, 7) is 6.92. The van der Waals surface area contributed by atoms with Crippen LogP contribution < -0.4 is 10.1 Å². The molecule has 1 N–H and O–H groups in total. The van der Waals surface area contributed by atoms with Gasteiger partial charge in [0.15, 0.2) is 15.6 Å². The van der Waals surface area contributed by atoms with Crippen molar-refractivity contribution in [1.29, 1.82) is 0 Å². The van der Waals surface area contributed by atoms with E-state index in [1.54, 1.807) is 13.3 Å². The van der Waals surface area contributed by atoms with Crippen molar-refractivity contribution < 1.29 is 13.2 Å². The number of methoxy groups -OCH3 is 1. The number of sulfone groups is 1. The largest absolute Gasteiger partial charge is 0.493 e. The van der Waals surface area contributed by atoms with Crippen molar-refractivity contribution in [1.82, 2.24) is 15.1 Å². The molecule has 1 aromatic heterocycles. The summed E-state index contributed by atoms with van der Waals surface area (Å²) in [6.07, 6.45) is 2.40. The van der Waals surface area contributed by atoms with Crippen LogP contribution in [0.3, 0.4) is 0 Å². The van der Waals surface area contributed by atoms with Crippen molar-refractivity contribution in [3.8, 4) is 5.75 Å². The minimum absolute atomic E-state index is 0.0490. The van der Waals surface area contributed by atoms with Gasteiger partial charge in [-0.3, -0.25) is 4.68 Å². The summed E-state index contributed by atoms with van der Waals surface area (Å²) in [5, 5.41) is 7.83. The predicted molar refractivity (Wildman–Crippen MR) is 82.3 cm³/mol. The molecule has 6 nitrogen and oxygen atoms in total. The summed E-state index contributed by atoms with van der Waals surface area (Å²) in [4.78, 5) is 0. The maximum atomic E-state index is 11.8. The number of hydrogen-bond acceptors (Lipinski definition) is 5. The van der Waals surface area contributed by atoms with Crippen LogP contribution in [0.2, 0.25) is 0 Å². The normalized spacial score (nSPS) is 22.6. The average Bonchev–Trinajstić information content (AvgIpc) is 2.99. The molecule has 1 fully saturated rings. The first-order valence-electron chi connectivity index (χ1n) is 7.44. The second-order valence-corrected chi connectivity index (χ2v) is 8.06. The van der Waals surface area contributed by atoms with Crippen LogP contribution in [0.25, 0.3) is 0 Å². The molecule has 0 bridgehead atoms. The van der Waals surface area contributed by atoms with Crippen molar-refractivity contribution in [2.45, 2.75) is 39.3 Å². The number of rotatable bonds is 6. The predicted octanol–water partition coefficient (Wildman–Crippen LogP) is 1.56. The molecule has 2 unspecified atom stereocenters. The van der Waals surface area contributed by atoms with Gasteiger partial charge in [-0.1, -0.05) is 6.92 Å².